The van der Waals surface area contributed by atoms with Gasteiger partial charge in [-0.15, -0.1) is 0 Å². The van der Waals surface area contributed by atoms with Gasteiger partial charge in [0.1, 0.15) is 0 Å². The summed E-state index contributed by atoms with van der Waals surface area (Å²) in [7, 11) is -0.846. The van der Waals surface area contributed by atoms with Crippen LogP contribution in [0.5, 0.6) is 11.5 Å². The van der Waals surface area contributed by atoms with Crippen molar-refractivity contribution in [2.75, 3.05) is 18.3 Å². The lowest BCUT2D eigenvalue weighted by Gasteiger charge is -2.12. The zero-order valence-corrected chi connectivity index (χ0v) is 10.7. The Bertz CT molecular complexity index is 422. The van der Waals surface area contributed by atoms with Crippen LogP contribution in [0.15, 0.2) is 18.2 Å². The summed E-state index contributed by atoms with van der Waals surface area (Å²) in [5.74, 6) is 2.67. The molecule has 17 heavy (non-hydrogen) atoms. The second kappa shape index (κ2) is 5.51. The molecule has 1 aromatic rings. The molecule has 2 rings (SSSR count). The van der Waals surface area contributed by atoms with Crippen LogP contribution in [0, 0.1) is 0 Å². The van der Waals surface area contributed by atoms with Crippen molar-refractivity contribution in [1.82, 2.24) is 0 Å². The van der Waals surface area contributed by atoms with Crippen molar-refractivity contribution in [3.05, 3.63) is 23.8 Å². The number of benzene rings is 1. The van der Waals surface area contributed by atoms with Crippen LogP contribution in [-0.2, 0) is 10.8 Å². The molecule has 1 aliphatic heterocycles. The van der Waals surface area contributed by atoms with Gasteiger partial charge in [-0.05, 0) is 24.1 Å². The first-order valence-corrected chi connectivity index (χ1v) is 7.19. The average molecular weight is 255 g/mol. The van der Waals surface area contributed by atoms with Gasteiger partial charge in [0.05, 0.1) is 0 Å². The third kappa shape index (κ3) is 2.98. The zero-order chi connectivity index (χ0) is 12.3. The summed E-state index contributed by atoms with van der Waals surface area (Å²) in [6, 6.07) is 5.41. The molecular weight excluding hydrogens is 238 g/mol. The third-order valence-electron chi connectivity index (χ3n) is 2.62. The molecule has 0 aromatic heterocycles. The van der Waals surface area contributed by atoms with Gasteiger partial charge in [-0.1, -0.05) is 13.0 Å². The van der Waals surface area contributed by atoms with Crippen LogP contribution in [0.1, 0.15) is 24.9 Å². The van der Waals surface area contributed by atoms with Gasteiger partial charge in [0, 0.05) is 28.3 Å². The molecule has 0 radical (unpaired) electrons. The van der Waals surface area contributed by atoms with E-state index in [4.69, 9.17) is 15.2 Å². The fourth-order valence-corrected chi connectivity index (χ4v) is 2.97. The molecular formula is C12H17NO3S. The van der Waals surface area contributed by atoms with E-state index in [1.165, 1.54) is 0 Å². The standard InChI is InChI=1S/C12H17NO3S/c1-2-5-17(14)7-10(13)9-3-4-11-12(6-9)16-8-15-11/h3-4,6,10H,2,5,7-8,13H2,1H3. The third-order valence-corrected chi connectivity index (χ3v) is 4.22. The molecule has 4 nitrogen and oxygen atoms in total. The van der Waals surface area contributed by atoms with Gasteiger partial charge >= 0.3 is 0 Å². The number of nitrogens with two attached hydrogens (primary N) is 1. The number of ether oxygens (including phenoxy) is 2. The van der Waals surface area contributed by atoms with E-state index in [1.54, 1.807) is 0 Å². The summed E-state index contributed by atoms with van der Waals surface area (Å²) in [6.07, 6.45) is 0.917. The minimum absolute atomic E-state index is 0.211. The first-order valence-electron chi connectivity index (χ1n) is 5.71. The maximum atomic E-state index is 11.6. The summed E-state index contributed by atoms with van der Waals surface area (Å²) >= 11 is 0. The quantitative estimate of drug-likeness (QED) is 0.867. The van der Waals surface area contributed by atoms with E-state index in [-0.39, 0.29) is 12.8 Å². The lowest BCUT2D eigenvalue weighted by molar-refractivity contribution is 0.174. The molecule has 2 atom stereocenters. The molecule has 2 unspecified atom stereocenters. The Labute approximate surface area is 104 Å². The lowest BCUT2D eigenvalue weighted by Crippen LogP contribution is -2.19. The number of fused-ring (bicyclic) bond motifs is 1. The van der Waals surface area contributed by atoms with Crippen LogP contribution in [0.3, 0.4) is 0 Å². The highest BCUT2D eigenvalue weighted by molar-refractivity contribution is 7.85. The van der Waals surface area contributed by atoms with Crippen LogP contribution >= 0.6 is 0 Å². The molecule has 0 spiro atoms. The van der Waals surface area contributed by atoms with Gasteiger partial charge in [-0.2, -0.15) is 0 Å². The molecule has 1 heterocycles. The van der Waals surface area contributed by atoms with Crippen molar-refractivity contribution in [1.29, 1.82) is 0 Å². The first-order chi connectivity index (χ1) is 8.20. The van der Waals surface area contributed by atoms with Crippen molar-refractivity contribution in [3.8, 4) is 11.5 Å². The van der Waals surface area contributed by atoms with Crippen molar-refractivity contribution in [2.24, 2.45) is 5.73 Å². The second-order valence-electron chi connectivity index (χ2n) is 4.03. The predicted octanol–water partition coefficient (Wildman–Crippen LogP) is 1.57. The SMILES string of the molecule is CCCS(=O)CC(N)c1ccc2c(c1)OCO2. The average Bonchev–Trinajstić information content (AvgIpc) is 2.75. The monoisotopic (exact) mass is 255 g/mol. The Kier molecular flexibility index (Phi) is 4.02. The lowest BCUT2D eigenvalue weighted by atomic mass is 10.1. The van der Waals surface area contributed by atoms with Crippen molar-refractivity contribution in [2.45, 2.75) is 19.4 Å². The Hall–Kier alpha value is -1.07. The topological polar surface area (TPSA) is 61.6 Å². The smallest absolute Gasteiger partial charge is 0.231 e. The first kappa shape index (κ1) is 12.4. The van der Waals surface area contributed by atoms with Crippen LogP contribution in [-0.4, -0.2) is 22.5 Å². The summed E-state index contributed by atoms with van der Waals surface area (Å²) < 4.78 is 22.2. The fraction of sp³-hybridized carbons (Fsp3) is 0.500. The minimum atomic E-state index is -0.846. The van der Waals surface area contributed by atoms with E-state index in [0.717, 1.165) is 23.5 Å². The van der Waals surface area contributed by atoms with E-state index in [0.29, 0.717) is 11.5 Å². The van der Waals surface area contributed by atoms with Gasteiger partial charge in [0.2, 0.25) is 6.79 Å². The molecule has 1 aromatic carbocycles. The fourth-order valence-electron chi connectivity index (χ4n) is 1.75. The van der Waals surface area contributed by atoms with Gasteiger partial charge < -0.3 is 15.2 Å². The molecule has 0 saturated heterocycles. The highest BCUT2D eigenvalue weighted by Gasteiger charge is 2.17. The highest BCUT2D eigenvalue weighted by Crippen LogP contribution is 2.33. The number of hydrogen-bond acceptors (Lipinski definition) is 4. The van der Waals surface area contributed by atoms with Gasteiger partial charge in [-0.25, -0.2) is 0 Å². The zero-order valence-electron chi connectivity index (χ0n) is 9.85. The largest absolute Gasteiger partial charge is 0.454 e. The van der Waals surface area contributed by atoms with Crippen molar-refractivity contribution < 1.29 is 13.7 Å². The van der Waals surface area contributed by atoms with E-state index >= 15 is 0 Å². The van der Waals surface area contributed by atoms with Gasteiger partial charge in [0.15, 0.2) is 11.5 Å². The molecule has 0 aliphatic carbocycles. The van der Waals surface area contributed by atoms with Crippen LogP contribution in [0.25, 0.3) is 0 Å². The molecule has 94 valence electrons. The van der Waals surface area contributed by atoms with Crippen LogP contribution in [0.4, 0.5) is 0 Å². The van der Waals surface area contributed by atoms with E-state index in [9.17, 15) is 4.21 Å². The molecule has 0 bridgehead atoms. The van der Waals surface area contributed by atoms with E-state index in [2.05, 4.69) is 0 Å². The van der Waals surface area contributed by atoms with Crippen LogP contribution < -0.4 is 15.2 Å². The Morgan fingerprint density at radius 1 is 1.41 bits per heavy atom. The predicted molar refractivity (Wildman–Crippen MR) is 67.7 cm³/mol. The molecule has 5 heteroatoms. The van der Waals surface area contributed by atoms with Gasteiger partial charge in [0.25, 0.3) is 0 Å². The molecule has 2 N–H and O–H groups in total. The summed E-state index contributed by atoms with van der Waals surface area (Å²) in [5, 5.41) is 0. The maximum absolute atomic E-state index is 11.6. The summed E-state index contributed by atoms with van der Waals surface area (Å²) in [6.45, 7) is 2.28. The summed E-state index contributed by atoms with van der Waals surface area (Å²) in [4.78, 5) is 0. The van der Waals surface area contributed by atoms with Crippen molar-refractivity contribution in [3.63, 3.8) is 0 Å². The number of rotatable bonds is 5. The molecule has 0 amide bonds. The second-order valence-corrected chi connectivity index (χ2v) is 5.65. The number of hydrogen-bond donors (Lipinski definition) is 1. The minimum Gasteiger partial charge on any atom is -0.454 e. The molecule has 0 fully saturated rings. The molecule has 0 saturated carbocycles. The summed E-state index contributed by atoms with van der Waals surface area (Å²) in [5.41, 5.74) is 6.97. The normalized spacial score (nSPS) is 16.8. The maximum Gasteiger partial charge on any atom is 0.231 e. The highest BCUT2D eigenvalue weighted by atomic mass is 32.2. The Balaban J connectivity index is 2.04. The van der Waals surface area contributed by atoms with E-state index in [1.807, 2.05) is 25.1 Å². The molecule has 1 aliphatic rings. The Morgan fingerprint density at radius 2 is 2.18 bits per heavy atom. The van der Waals surface area contributed by atoms with Gasteiger partial charge in [-0.3, -0.25) is 4.21 Å². The van der Waals surface area contributed by atoms with E-state index < -0.39 is 10.8 Å². The van der Waals surface area contributed by atoms with Crippen molar-refractivity contribution >= 4 is 10.8 Å². The van der Waals surface area contributed by atoms with Crippen LogP contribution in [0.2, 0.25) is 0 Å². The Morgan fingerprint density at radius 3 is 2.94 bits per heavy atom.